The number of halogens is 1. The number of ether oxygens (including phenoxy) is 1. The van der Waals surface area contributed by atoms with Gasteiger partial charge in [0.15, 0.2) is 0 Å². The van der Waals surface area contributed by atoms with Crippen LogP contribution in [0.4, 0.5) is 0 Å². The van der Waals surface area contributed by atoms with Crippen LogP contribution in [0, 0.1) is 18.8 Å². The molecule has 7 heteroatoms. The van der Waals surface area contributed by atoms with E-state index in [0.717, 1.165) is 36.9 Å². The topological polar surface area (TPSA) is 63.0 Å². The van der Waals surface area contributed by atoms with Crippen molar-refractivity contribution in [3.05, 3.63) is 50.4 Å². The fourth-order valence-corrected chi connectivity index (χ4v) is 7.50. The van der Waals surface area contributed by atoms with Gasteiger partial charge in [-0.05, 0) is 69.0 Å². The first-order valence-electron chi connectivity index (χ1n) is 13.0. The summed E-state index contributed by atoms with van der Waals surface area (Å²) in [5.74, 6) is 1.59. The molecule has 0 unspecified atom stereocenters. The molecule has 1 aliphatic carbocycles. The van der Waals surface area contributed by atoms with E-state index in [4.69, 9.17) is 20.8 Å². The Labute approximate surface area is 210 Å². The van der Waals surface area contributed by atoms with Crippen LogP contribution in [0.15, 0.2) is 33.0 Å². The summed E-state index contributed by atoms with van der Waals surface area (Å²) in [6, 6.07) is 4.24. The number of carbonyl (C=O) groups is 1. The Hall–Kier alpha value is -2.31. The van der Waals surface area contributed by atoms with Gasteiger partial charge in [0.1, 0.15) is 11.3 Å². The van der Waals surface area contributed by atoms with Crippen molar-refractivity contribution in [2.24, 2.45) is 11.8 Å². The molecule has 1 aromatic carbocycles. The number of hydrogen-bond acceptors (Lipinski definition) is 5. The highest BCUT2D eigenvalue weighted by Gasteiger charge is 2.46. The number of nitrogens with zero attached hydrogens (tertiary/aromatic N) is 2. The second-order valence-corrected chi connectivity index (χ2v) is 11.2. The Balaban J connectivity index is 1.30. The molecular weight excluding hydrogens is 464 g/mol. The molecule has 6 rings (SSSR count). The molecule has 2 aromatic rings. The lowest BCUT2D eigenvalue weighted by molar-refractivity contribution is -0.135. The quantitative estimate of drug-likeness (QED) is 0.454. The third-order valence-corrected chi connectivity index (χ3v) is 9.16. The van der Waals surface area contributed by atoms with E-state index in [-0.39, 0.29) is 18.4 Å². The highest BCUT2D eigenvalue weighted by molar-refractivity contribution is 6.32. The average Bonchev–Trinajstić information content (AvgIpc) is 2.86. The van der Waals surface area contributed by atoms with Crippen molar-refractivity contribution in [1.82, 2.24) is 9.80 Å². The number of piperidine rings is 3. The van der Waals surface area contributed by atoms with Crippen molar-refractivity contribution in [2.45, 2.75) is 64.0 Å². The Morgan fingerprint density at radius 1 is 1.23 bits per heavy atom. The maximum Gasteiger partial charge on any atom is 0.340 e. The molecule has 0 radical (unpaired) electrons. The smallest absolute Gasteiger partial charge is 0.340 e. The van der Waals surface area contributed by atoms with Crippen LogP contribution in [0.25, 0.3) is 11.0 Å². The minimum Gasteiger partial charge on any atom is -0.495 e. The van der Waals surface area contributed by atoms with Crippen LogP contribution in [-0.2, 0) is 11.2 Å². The highest BCUT2D eigenvalue weighted by atomic mass is 35.5. The highest BCUT2D eigenvalue weighted by Crippen LogP contribution is 2.45. The monoisotopic (exact) mass is 496 g/mol. The molecule has 4 heterocycles. The first-order valence-corrected chi connectivity index (χ1v) is 13.4. The number of amides is 1. The zero-order valence-corrected chi connectivity index (χ0v) is 21.3. The normalized spacial score (nSPS) is 28.3. The number of hydrogen-bond donors (Lipinski definition) is 0. The van der Waals surface area contributed by atoms with E-state index in [1.165, 1.54) is 44.9 Å². The number of rotatable bonds is 3. The van der Waals surface area contributed by atoms with E-state index in [1.807, 2.05) is 6.92 Å². The SMILES string of the molecule is COc1cc2oc(=O)c(CC(=O)N3CCCC4=C[C@H]5C[C@H](CN6CCCC[C@H]56)[C@@H]43)c(C)c2cc1Cl. The summed E-state index contributed by atoms with van der Waals surface area (Å²) < 4.78 is 10.9. The van der Waals surface area contributed by atoms with Crippen LogP contribution < -0.4 is 10.4 Å². The Bertz CT molecular complexity index is 1270. The minimum atomic E-state index is -0.460. The van der Waals surface area contributed by atoms with E-state index in [2.05, 4.69) is 15.9 Å². The molecule has 1 aromatic heterocycles. The molecule has 3 saturated heterocycles. The van der Waals surface area contributed by atoms with Crippen LogP contribution in [0.2, 0.25) is 5.02 Å². The predicted octanol–water partition coefficient (Wildman–Crippen LogP) is 4.73. The lowest BCUT2D eigenvalue weighted by Crippen LogP contribution is -2.60. The number of likely N-dealkylation sites (tertiary alicyclic amines) is 1. The summed E-state index contributed by atoms with van der Waals surface area (Å²) in [5, 5.41) is 1.19. The van der Waals surface area contributed by atoms with Gasteiger partial charge in [0.25, 0.3) is 0 Å². The van der Waals surface area contributed by atoms with Crippen molar-refractivity contribution >= 4 is 28.5 Å². The fraction of sp³-hybridized carbons (Fsp3) is 0.571. The van der Waals surface area contributed by atoms with Gasteiger partial charge in [0.05, 0.1) is 30.2 Å². The van der Waals surface area contributed by atoms with Gasteiger partial charge in [-0.15, -0.1) is 0 Å². The standard InChI is InChI=1S/C28H33ClN2O4/c1-16-20-12-22(29)25(34-2)14-24(20)35-28(33)21(16)13-26(32)31-9-5-6-17-10-18-11-19(27(17)31)15-30-8-4-3-7-23(18)30/h10,12,14,18-19,23,27H,3-9,11,13,15H2,1-2H3/t18-,19+,23+,27+/m0/s1. The predicted molar refractivity (Wildman–Crippen MR) is 136 cm³/mol. The van der Waals surface area contributed by atoms with Crippen molar-refractivity contribution in [2.75, 3.05) is 26.7 Å². The van der Waals surface area contributed by atoms with E-state index in [9.17, 15) is 9.59 Å². The van der Waals surface area contributed by atoms with Crippen LogP contribution in [0.1, 0.15) is 49.7 Å². The first-order chi connectivity index (χ1) is 16.9. The van der Waals surface area contributed by atoms with Crippen molar-refractivity contribution < 1.29 is 13.9 Å². The fourth-order valence-electron chi connectivity index (χ4n) is 7.26. The Morgan fingerprint density at radius 3 is 2.91 bits per heavy atom. The molecule has 4 aliphatic rings. The van der Waals surface area contributed by atoms with Crippen molar-refractivity contribution in [3.63, 3.8) is 0 Å². The molecule has 2 bridgehead atoms. The van der Waals surface area contributed by atoms with Gasteiger partial charge >= 0.3 is 5.63 Å². The molecule has 0 N–H and O–H groups in total. The van der Waals surface area contributed by atoms with Crippen molar-refractivity contribution in [3.8, 4) is 5.75 Å². The molecule has 0 spiro atoms. The lowest BCUT2D eigenvalue weighted by Gasteiger charge is -2.54. The second kappa shape index (κ2) is 8.97. The Morgan fingerprint density at radius 2 is 2.09 bits per heavy atom. The maximum absolute atomic E-state index is 13.7. The largest absolute Gasteiger partial charge is 0.495 e. The number of benzene rings is 1. The molecule has 0 saturated carbocycles. The van der Waals surface area contributed by atoms with E-state index < -0.39 is 5.63 Å². The first kappa shape index (κ1) is 23.1. The van der Waals surface area contributed by atoms with Gasteiger partial charge in [-0.25, -0.2) is 4.79 Å². The summed E-state index contributed by atoms with van der Waals surface area (Å²) in [6.45, 7) is 4.90. The number of fused-ring (bicyclic) bond motifs is 7. The summed E-state index contributed by atoms with van der Waals surface area (Å²) in [5.41, 5.74) is 2.59. The summed E-state index contributed by atoms with van der Waals surface area (Å²) >= 11 is 6.34. The van der Waals surface area contributed by atoms with Gasteiger partial charge in [-0.1, -0.05) is 29.7 Å². The summed E-state index contributed by atoms with van der Waals surface area (Å²) in [6.07, 6.45) is 9.76. The van der Waals surface area contributed by atoms with E-state index in [1.54, 1.807) is 12.1 Å². The Kier molecular flexibility index (Phi) is 5.92. The minimum absolute atomic E-state index is 0.0224. The summed E-state index contributed by atoms with van der Waals surface area (Å²) in [7, 11) is 1.53. The van der Waals surface area contributed by atoms with Crippen molar-refractivity contribution in [1.29, 1.82) is 0 Å². The molecule has 4 atom stereocenters. The van der Waals surface area contributed by atoms with Crippen LogP contribution >= 0.6 is 11.6 Å². The maximum atomic E-state index is 13.7. The molecule has 3 fully saturated rings. The number of methoxy groups -OCH3 is 1. The van der Waals surface area contributed by atoms with Crippen LogP contribution in [0.3, 0.4) is 0 Å². The molecular formula is C28H33ClN2O4. The van der Waals surface area contributed by atoms with E-state index in [0.29, 0.717) is 39.8 Å². The molecule has 186 valence electrons. The second-order valence-electron chi connectivity index (χ2n) is 10.7. The van der Waals surface area contributed by atoms with Crippen LogP contribution in [-0.4, -0.2) is 54.5 Å². The molecule has 6 nitrogen and oxygen atoms in total. The number of aryl methyl sites for hydroxylation is 1. The lowest BCUT2D eigenvalue weighted by atomic mass is 9.68. The zero-order chi connectivity index (χ0) is 24.3. The molecule has 35 heavy (non-hydrogen) atoms. The van der Waals surface area contributed by atoms with Gasteiger partial charge in [0, 0.05) is 30.6 Å². The van der Waals surface area contributed by atoms with Crippen LogP contribution in [0.5, 0.6) is 5.75 Å². The molecule has 3 aliphatic heterocycles. The summed E-state index contributed by atoms with van der Waals surface area (Å²) in [4.78, 5) is 31.4. The van der Waals surface area contributed by atoms with E-state index >= 15 is 0 Å². The van der Waals surface area contributed by atoms with Gasteiger partial charge < -0.3 is 14.1 Å². The number of carbonyl (C=O) groups excluding carboxylic acids is 1. The third kappa shape index (κ3) is 3.89. The van der Waals surface area contributed by atoms with Gasteiger partial charge in [0.2, 0.25) is 5.91 Å². The molecule has 1 amide bonds. The van der Waals surface area contributed by atoms with Gasteiger partial charge in [-0.2, -0.15) is 0 Å². The van der Waals surface area contributed by atoms with Gasteiger partial charge in [-0.3, -0.25) is 9.69 Å². The average molecular weight is 497 g/mol. The third-order valence-electron chi connectivity index (χ3n) is 8.87. The zero-order valence-electron chi connectivity index (χ0n) is 20.5.